The van der Waals surface area contributed by atoms with Crippen molar-refractivity contribution in [3.8, 4) is 5.75 Å². The molecule has 1 fully saturated rings. The molecular weight excluding hydrogens is 390 g/mol. The highest BCUT2D eigenvalue weighted by Gasteiger charge is 2.44. The predicted octanol–water partition coefficient (Wildman–Crippen LogP) is 1.77. The number of imide groups is 2. The number of phenolic OH excluding ortho intramolecular Hbond substituents is 1. The van der Waals surface area contributed by atoms with E-state index in [0.29, 0.717) is 11.3 Å². The Labute approximate surface area is 170 Å². The summed E-state index contributed by atoms with van der Waals surface area (Å²) in [5, 5.41) is 19.3. The van der Waals surface area contributed by atoms with Gasteiger partial charge in [-0.3, -0.25) is 34.8 Å². The first-order valence-electron chi connectivity index (χ1n) is 9.20. The van der Waals surface area contributed by atoms with E-state index in [1.807, 2.05) is 0 Å². The van der Waals surface area contributed by atoms with E-state index in [-0.39, 0.29) is 36.3 Å². The molecule has 152 valence electrons. The van der Waals surface area contributed by atoms with Gasteiger partial charge in [-0.05, 0) is 48.4 Å². The van der Waals surface area contributed by atoms with Gasteiger partial charge in [-0.15, -0.1) is 0 Å². The van der Waals surface area contributed by atoms with E-state index < -0.39 is 29.7 Å². The molecule has 0 aliphatic carbocycles. The number of carbonyl (C=O) groups is 4. The minimum atomic E-state index is -0.993. The molecule has 0 saturated carbocycles. The highest BCUT2D eigenvalue weighted by atomic mass is 16.3. The summed E-state index contributed by atoms with van der Waals surface area (Å²) in [6.07, 6.45) is 0.184. The summed E-state index contributed by atoms with van der Waals surface area (Å²) in [5.41, 5.74) is 4.44. The number of carbonyl (C=O) groups excluding carboxylic acids is 4. The molecule has 0 bridgehead atoms. The van der Waals surface area contributed by atoms with Crippen LogP contribution in [0.4, 0.5) is 5.69 Å². The van der Waals surface area contributed by atoms with Crippen molar-refractivity contribution in [1.82, 2.24) is 10.2 Å². The molecule has 0 spiro atoms. The van der Waals surface area contributed by atoms with Crippen LogP contribution in [0, 0.1) is 0 Å². The van der Waals surface area contributed by atoms with Crippen LogP contribution in [0.1, 0.15) is 39.1 Å². The van der Waals surface area contributed by atoms with Crippen molar-refractivity contribution in [3.63, 3.8) is 0 Å². The molecule has 10 heteroatoms. The first-order chi connectivity index (χ1) is 14.4. The number of anilines is 1. The van der Waals surface area contributed by atoms with Gasteiger partial charge >= 0.3 is 0 Å². The van der Waals surface area contributed by atoms with Crippen LogP contribution >= 0.6 is 0 Å². The standard InChI is InChI=1S/C20H17N5O5/c26-13-4-2-12(3-5-13)23-24-21-10-11-1-6-14-15(9-11)20(30)25(19(14)29)16-7-8-17(27)22-18(16)28/h1-6,9,16,26H,7-8,10H2,(H,21,23)(H,22,27,28). The van der Waals surface area contributed by atoms with Crippen LogP contribution in [-0.4, -0.2) is 39.7 Å². The van der Waals surface area contributed by atoms with Crippen LogP contribution in [0.2, 0.25) is 0 Å². The third kappa shape index (κ3) is 3.62. The number of rotatable bonds is 5. The van der Waals surface area contributed by atoms with Crippen molar-refractivity contribution in [2.75, 3.05) is 5.43 Å². The number of aromatic hydroxyl groups is 1. The molecule has 2 heterocycles. The van der Waals surface area contributed by atoms with E-state index in [0.717, 1.165) is 4.90 Å². The summed E-state index contributed by atoms with van der Waals surface area (Å²) >= 11 is 0. The van der Waals surface area contributed by atoms with E-state index in [9.17, 15) is 24.3 Å². The molecule has 1 atom stereocenters. The molecule has 1 unspecified atom stereocenters. The third-order valence-corrected chi connectivity index (χ3v) is 4.87. The van der Waals surface area contributed by atoms with E-state index in [1.54, 1.807) is 24.3 Å². The highest BCUT2D eigenvalue weighted by Crippen LogP contribution is 2.28. The van der Waals surface area contributed by atoms with Crippen LogP contribution in [0.5, 0.6) is 5.75 Å². The molecule has 2 aliphatic heterocycles. The van der Waals surface area contributed by atoms with Gasteiger partial charge in [0.1, 0.15) is 11.8 Å². The maximum absolute atomic E-state index is 12.8. The number of hydrogen-bond acceptors (Lipinski definition) is 7. The number of fused-ring (bicyclic) bond motifs is 1. The number of nitrogens with one attached hydrogen (secondary N) is 2. The van der Waals surface area contributed by atoms with Crippen LogP contribution in [-0.2, 0) is 16.1 Å². The van der Waals surface area contributed by atoms with Gasteiger partial charge in [0.05, 0.1) is 23.4 Å². The quantitative estimate of drug-likeness (QED) is 0.299. The smallest absolute Gasteiger partial charge is 0.262 e. The number of hydrogen-bond donors (Lipinski definition) is 3. The molecule has 4 amide bonds. The molecule has 2 aromatic carbocycles. The van der Waals surface area contributed by atoms with Crippen LogP contribution < -0.4 is 10.7 Å². The predicted molar refractivity (Wildman–Crippen MR) is 103 cm³/mol. The monoisotopic (exact) mass is 407 g/mol. The average molecular weight is 407 g/mol. The topological polar surface area (TPSA) is 141 Å². The van der Waals surface area contributed by atoms with Crippen LogP contribution in [0.15, 0.2) is 52.8 Å². The van der Waals surface area contributed by atoms with E-state index in [4.69, 9.17) is 0 Å². The minimum absolute atomic E-state index is 0.0729. The summed E-state index contributed by atoms with van der Waals surface area (Å²) in [4.78, 5) is 49.8. The fraction of sp³-hybridized carbons (Fsp3) is 0.200. The number of piperidine rings is 1. The van der Waals surface area contributed by atoms with Gasteiger partial charge in [-0.1, -0.05) is 11.3 Å². The van der Waals surface area contributed by atoms with Crippen molar-refractivity contribution < 1.29 is 24.3 Å². The summed E-state index contributed by atoms with van der Waals surface area (Å²) in [5.74, 6) is -2.03. The molecule has 0 radical (unpaired) electrons. The Bertz CT molecular complexity index is 1080. The van der Waals surface area contributed by atoms with Gasteiger partial charge < -0.3 is 5.11 Å². The number of phenols is 1. The Balaban J connectivity index is 1.45. The Hall–Kier alpha value is -4.08. The highest BCUT2D eigenvalue weighted by molar-refractivity contribution is 6.23. The van der Waals surface area contributed by atoms with Crippen molar-refractivity contribution in [2.24, 2.45) is 10.3 Å². The molecule has 1 saturated heterocycles. The van der Waals surface area contributed by atoms with Gasteiger partial charge in [0.15, 0.2) is 0 Å². The molecular formula is C20H17N5O5. The van der Waals surface area contributed by atoms with Crippen molar-refractivity contribution in [1.29, 1.82) is 0 Å². The van der Waals surface area contributed by atoms with Crippen molar-refractivity contribution in [3.05, 3.63) is 59.2 Å². The minimum Gasteiger partial charge on any atom is -0.508 e. The normalized spacial score (nSPS) is 18.7. The van der Waals surface area contributed by atoms with Crippen LogP contribution in [0.3, 0.4) is 0 Å². The van der Waals surface area contributed by atoms with Gasteiger partial charge in [-0.2, -0.15) is 5.11 Å². The van der Waals surface area contributed by atoms with E-state index in [1.165, 1.54) is 18.2 Å². The summed E-state index contributed by atoms with van der Waals surface area (Å²) in [6, 6.07) is 10.0. The third-order valence-electron chi connectivity index (χ3n) is 4.87. The lowest BCUT2D eigenvalue weighted by atomic mass is 10.0. The molecule has 4 rings (SSSR count). The Kier molecular flexibility index (Phi) is 4.97. The van der Waals surface area contributed by atoms with Crippen molar-refractivity contribution in [2.45, 2.75) is 25.4 Å². The first kappa shape index (κ1) is 19.2. The zero-order valence-corrected chi connectivity index (χ0v) is 15.7. The molecule has 30 heavy (non-hydrogen) atoms. The first-order valence-corrected chi connectivity index (χ1v) is 9.20. The fourth-order valence-electron chi connectivity index (χ4n) is 3.36. The fourth-order valence-corrected chi connectivity index (χ4v) is 3.36. The second-order valence-corrected chi connectivity index (χ2v) is 6.89. The molecule has 3 N–H and O–H groups in total. The summed E-state index contributed by atoms with van der Waals surface area (Å²) < 4.78 is 0. The van der Waals surface area contributed by atoms with E-state index >= 15 is 0 Å². The van der Waals surface area contributed by atoms with Gasteiger partial charge in [-0.25, -0.2) is 0 Å². The largest absolute Gasteiger partial charge is 0.508 e. The molecule has 2 aromatic rings. The Morgan fingerprint density at radius 2 is 1.77 bits per heavy atom. The number of amides is 4. The lowest BCUT2D eigenvalue weighted by Gasteiger charge is -2.27. The second kappa shape index (κ2) is 7.74. The number of nitrogens with zero attached hydrogens (tertiary/aromatic N) is 3. The Morgan fingerprint density at radius 1 is 1.03 bits per heavy atom. The number of benzene rings is 2. The SMILES string of the molecule is O=C1CCC(N2C(=O)c3ccc(CN=NNc4ccc(O)cc4)cc3C2=O)C(=O)N1. The maximum atomic E-state index is 12.8. The van der Waals surface area contributed by atoms with Crippen molar-refractivity contribution >= 4 is 29.3 Å². The van der Waals surface area contributed by atoms with Gasteiger partial charge in [0, 0.05) is 6.42 Å². The second-order valence-electron chi connectivity index (χ2n) is 6.89. The zero-order chi connectivity index (χ0) is 21.3. The van der Waals surface area contributed by atoms with Gasteiger partial charge in [0.2, 0.25) is 11.8 Å². The molecule has 10 nitrogen and oxygen atoms in total. The average Bonchev–Trinajstić information content (AvgIpc) is 2.97. The zero-order valence-electron chi connectivity index (χ0n) is 15.7. The Morgan fingerprint density at radius 3 is 2.50 bits per heavy atom. The van der Waals surface area contributed by atoms with Gasteiger partial charge in [0.25, 0.3) is 11.8 Å². The van der Waals surface area contributed by atoms with Crippen LogP contribution in [0.25, 0.3) is 0 Å². The lowest BCUT2D eigenvalue weighted by molar-refractivity contribution is -0.136. The lowest BCUT2D eigenvalue weighted by Crippen LogP contribution is -2.54. The van der Waals surface area contributed by atoms with E-state index in [2.05, 4.69) is 21.1 Å². The molecule has 2 aliphatic rings. The summed E-state index contributed by atoms with van der Waals surface area (Å²) in [7, 11) is 0. The summed E-state index contributed by atoms with van der Waals surface area (Å²) in [6.45, 7) is 0.165. The maximum Gasteiger partial charge on any atom is 0.262 e. The molecule has 0 aromatic heterocycles.